The quantitative estimate of drug-likeness (QED) is 0.591. The highest BCUT2D eigenvalue weighted by Crippen LogP contribution is 2.20. The van der Waals surface area contributed by atoms with Crippen molar-refractivity contribution in [3.8, 4) is 5.75 Å². The van der Waals surface area contributed by atoms with Crippen molar-refractivity contribution in [2.24, 2.45) is 0 Å². The molecule has 1 heterocycles. The highest BCUT2D eigenvalue weighted by atomic mass is 79.9. The van der Waals surface area contributed by atoms with Crippen molar-refractivity contribution >= 4 is 39.3 Å². The van der Waals surface area contributed by atoms with E-state index in [0.717, 1.165) is 10.0 Å². The van der Waals surface area contributed by atoms with E-state index in [9.17, 15) is 14.4 Å². The Morgan fingerprint density at radius 1 is 1.00 bits per heavy atom. The van der Waals surface area contributed by atoms with Crippen LogP contribution >= 0.6 is 15.9 Å². The van der Waals surface area contributed by atoms with Crippen LogP contribution in [0.15, 0.2) is 46.9 Å². The van der Waals surface area contributed by atoms with Gasteiger partial charge in [-0.15, -0.1) is 0 Å². The second-order valence-corrected chi connectivity index (χ2v) is 8.39. The maximum absolute atomic E-state index is 12.6. The molecule has 0 radical (unpaired) electrons. The number of carbonyl (C=O) groups excluding carboxylic acids is 3. The Labute approximate surface area is 196 Å². The second kappa shape index (κ2) is 11.1. The van der Waals surface area contributed by atoms with Crippen LogP contribution in [-0.4, -0.2) is 73.9 Å². The van der Waals surface area contributed by atoms with E-state index in [1.54, 1.807) is 43.5 Å². The fourth-order valence-electron chi connectivity index (χ4n) is 3.41. The van der Waals surface area contributed by atoms with Gasteiger partial charge in [0.2, 0.25) is 0 Å². The van der Waals surface area contributed by atoms with Crippen LogP contribution in [0.4, 0.5) is 5.69 Å². The van der Waals surface area contributed by atoms with Gasteiger partial charge in [-0.25, -0.2) is 0 Å². The lowest BCUT2D eigenvalue weighted by atomic mass is 10.1. The molecule has 1 saturated heterocycles. The maximum Gasteiger partial charge on any atom is 0.313 e. The van der Waals surface area contributed by atoms with Crippen molar-refractivity contribution in [1.29, 1.82) is 0 Å². The van der Waals surface area contributed by atoms with Crippen molar-refractivity contribution < 1.29 is 19.1 Å². The number of rotatable bonds is 6. The number of methoxy groups -OCH3 is 1. The average molecular weight is 503 g/mol. The normalized spacial score (nSPS) is 14.0. The van der Waals surface area contributed by atoms with Crippen LogP contribution in [0.2, 0.25) is 0 Å². The molecule has 170 valence electrons. The van der Waals surface area contributed by atoms with Gasteiger partial charge < -0.3 is 20.3 Å². The molecule has 1 aliphatic heterocycles. The first-order valence-electron chi connectivity index (χ1n) is 10.4. The summed E-state index contributed by atoms with van der Waals surface area (Å²) in [6.45, 7) is 5.53. The molecule has 8 nitrogen and oxygen atoms in total. The molecule has 1 aliphatic rings. The van der Waals surface area contributed by atoms with Gasteiger partial charge in [-0.2, -0.15) is 0 Å². The van der Waals surface area contributed by atoms with Crippen molar-refractivity contribution in [3.63, 3.8) is 0 Å². The summed E-state index contributed by atoms with van der Waals surface area (Å²) in [5.74, 6) is -0.643. The van der Waals surface area contributed by atoms with Gasteiger partial charge in [-0.1, -0.05) is 15.9 Å². The second-order valence-electron chi connectivity index (χ2n) is 7.54. The molecular weight excluding hydrogens is 476 g/mol. The summed E-state index contributed by atoms with van der Waals surface area (Å²) in [5, 5.41) is 5.25. The first kappa shape index (κ1) is 23.7. The third-order valence-corrected chi connectivity index (χ3v) is 6.22. The highest BCUT2D eigenvalue weighted by Gasteiger charge is 2.22. The largest absolute Gasteiger partial charge is 0.497 e. The number of anilines is 1. The topological polar surface area (TPSA) is 91.0 Å². The number of amides is 3. The first-order chi connectivity index (χ1) is 15.4. The lowest BCUT2D eigenvalue weighted by Gasteiger charge is -2.34. The number of benzene rings is 2. The van der Waals surface area contributed by atoms with Gasteiger partial charge in [0.05, 0.1) is 7.11 Å². The average Bonchev–Trinajstić information content (AvgIpc) is 2.81. The minimum Gasteiger partial charge on any atom is -0.497 e. The molecule has 2 aromatic rings. The van der Waals surface area contributed by atoms with Gasteiger partial charge in [-0.05, 0) is 55.0 Å². The smallest absolute Gasteiger partial charge is 0.313 e. The first-order valence-corrected chi connectivity index (χ1v) is 11.2. The van der Waals surface area contributed by atoms with Crippen molar-refractivity contribution in [2.75, 3.05) is 51.7 Å². The summed E-state index contributed by atoms with van der Waals surface area (Å²) < 4.78 is 6.06. The Bertz CT molecular complexity index is 972. The minimum absolute atomic E-state index is 0.000422. The van der Waals surface area contributed by atoms with Gasteiger partial charge >= 0.3 is 11.8 Å². The van der Waals surface area contributed by atoms with Crippen LogP contribution in [0.1, 0.15) is 15.9 Å². The molecular formula is C23H27BrN4O4. The van der Waals surface area contributed by atoms with Crippen LogP contribution in [0, 0.1) is 6.92 Å². The van der Waals surface area contributed by atoms with E-state index in [1.165, 1.54) is 0 Å². The number of hydrogen-bond donors (Lipinski definition) is 2. The maximum atomic E-state index is 12.6. The van der Waals surface area contributed by atoms with Crippen LogP contribution in [0.3, 0.4) is 0 Å². The number of halogens is 1. The van der Waals surface area contributed by atoms with Gasteiger partial charge in [0.15, 0.2) is 0 Å². The van der Waals surface area contributed by atoms with Crippen LogP contribution in [0.5, 0.6) is 5.75 Å². The molecule has 0 aromatic heterocycles. The lowest BCUT2D eigenvalue weighted by molar-refractivity contribution is -0.136. The van der Waals surface area contributed by atoms with Crippen LogP contribution < -0.4 is 15.4 Å². The number of carbonyl (C=O) groups is 3. The molecule has 0 spiro atoms. The van der Waals surface area contributed by atoms with Crippen LogP contribution in [-0.2, 0) is 9.59 Å². The molecule has 1 fully saturated rings. The highest BCUT2D eigenvalue weighted by molar-refractivity contribution is 9.10. The Morgan fingerprint density at radius 2 is 1.69 bits per heavy atom. The molecule has 0 atom stereocenters. The van der Waals surface area contributed by atoms with E-state index in [1.807, 2.05) is 17.9 Å². The number of nitrogens with zero attached hydrogens (tertiary/aromatic N) is 2. The monoisotopic (exact) mass is 502 g/mol. The van der Waals surface area contributed by atoms with E-state index in [0.29, 0.717) is 56.3 Å². The van der Waals surface area contributed by atoms with Crippen molar-refractivity contribution in [1.82, 2.24) is 15.1 Å². The minimum atomic E-state index is -0.693. The van der Waals surface area contributed by atoms with Gasteiger partial charge in [-0.3, -0.25) is 19.3 Å². The summed E-state index contributed by atoms with van der Waals surface area (Å²) in [5.41, 5.74) is 2.18. The zero-order valence-corrected chi connectivity index (χ0v) is 19.8. The lowest BCUT2D eigenvalue weighted by Crippen LogP contribution is -2.50. The molecule has 32 heavy (non-hydrogen) atoms. The SMILES string of the molecule is COc1ccc(C(=O)N2CCN(CCNC(=O)C(=O)Nc3ccc(Br)c(C)c3)CC2)cc1. The summed E-state index contributed by atoms with van der Waals surface area (Å²) in [6, 6.07) is 12.4. The molecule has 0 bridgehead atoms. The van der Waals surface area contributed by atoms with E-state index >= 15 is 0 Å². The fourth-order valence-corrected chi connectivity index (χ4v) is 3.66. The van der Waals surface area contributed by atoms with E-state index < -0.39 is 11.8 Å². The van der Waals surface area contributed by atoms with Crippen molar-refractivity contribution in [3.05, 3.63) is 58.1 Å². The van der Waals surface area contributed by atoms with E-state index in [-0.39, 0.29) is 5.91 Å². The summed E-state index contributed by atoms with van der Waals surface area (Å²) in [4.78, 5) is 40.8. The number of hydrogen-bond acceptors (Lipinski definition) is 5. The van der Waals surface area contributed by atoms with Crippen LogP contribution in [0.25, 0.3) is 0 Å². The summed E-state index contributed by atoms with van der Waals surface area (Å²) in [6.07, 6.45) is 0. The van der Waals surface area contributed by atoms with Gasteiger partial charge in [0.1, 0.15) is 5.75 Å². The zero-order chi connectivity index (χ0) is 23.1. The van der Waals surface area contributed by atoms with Gasteiger partial charge in [0, 0.05) is 55.0 Å². The zero-order valence-electron chi connectivity index (χ0n) is 18.2. The fraction of sp³-hybridized carbons (Fsp3) is 0.348. The Hall–Kier alpha value is -2.91. The van der Waals surface area contributed by atoms with Crippen molar-refractivity contribution in [2.45, 2.75) is 6.92 Å². The third-order valence-electron chi connectivity index (χ3n) is 5.33. The Morgan fingerprint density at radius 3 is 2.31 bits per heavy atom. The number of ether oxygens (including phenoxy) is 1. The standard InChI is InChI=1S/C23H27BrN4O4/c1-16-15-18(5-8-20(16)24)26-22(30)21(29)25-9-10-27-11-13-28(14-12-27)23(31)17-3-6-19(32-2)7-4-17/h3-8,15H,9-14H2,1-2H3,(H,25,29)(H,26,30). The van der Waals surface area contributed by atoms with Gasteiger partial charge in [0.25, 0.3) is 5.91 Å². The molecule has 0 saturated carbocycles. The molecule has 9 heteroatoms. The Balaban J connectivity index is 1.38. The molecule has 0 unspecified atom stereocenters. The van der Waals surface area contributed by atoms with E-state index in [4.69, 9.17) is 4.74 Å². The predicted molar refractivity (Wildman–Crippen MR) is 126 cm³/mol. The number of nitrogens with one attached hydrogen (secondary N) is 2. The molecule has 3 rings (SSSR count). The third kappa shape index (κ3) is 6.30. The Kier molecular flexibility index (Phi) is 8.24. The molecule has 2 aromatic carbocycles. The summed E-state index contributed by atoms with van der Waals surface area (Å²) >= 11 is 3.40. The molecule has 0 aliphatic carbocycles. The molecule has 3 amide bonds. The van der Waals surface area contributed by atoms with E-state index in [2.05, 4.69) is 31.5 Å². The number of piperazine rings is 1. The summed E-state index contributed by atoms with van der Waals surface area (Å²) in [7, 11) is 1.59. The molecule has 2 N–H and O–H groups in total. The predicted octanol–water partition coefficient (Wildman–Crippen LogP) is 2.28. The number of aryl methyl sites for hydroxylation is 1.